The van der Waals surface area contributed by atoms with E-state index < -0.39 is 5.92 Å². The number of aromatic nitrogens is 2. The van der Waals surface area contributed by atoms with Crippen LogP contribution in [-0.2, 0) is 9.59 Å². The smallest absolute Gasteiger partial charge is 0.258 e. The molecule has 8 nitrogen and oxygen atoms in total. The first-order valence-electron chi connectivity index (χ1n) is 8.46. The van der Waals surface area contributed by atoms with Crippen molar-refractivity contribution in [1.82, 2.24) is 15.3 Å². The van der Waals surface area contributed by atoms with Crippen molar-refractivity contribution in [3.8, 4) is 0 Å². The van der Waals surface area contributed by atoms with Gasteiger partial charge in [-0.05, 0) is 25.7 Å². The van der Waals surface area contributed by atoms with E-state index in [1.165, 1.54) is 0 Å². The summed E-state index contributed by atoms with van der Waals surface area (Å²) in [6.07, 6.45) is 2.15. The van der Waals surface area contributed by atoms with Gasteiger partial charge in [-0.1, -0.05) is 6.92 Å². The molecule has 3 rings (SSSR count). The number of nitrogens with zero attached hydrogens (tertiary/aromatic N) is 2. The zero-order valence-electron chi connectivity index (χ0n) is 14.0. The zero-order valence-corrected chi connectivity index (χ0v) is 14.0. The van der Waals surface area contributed by atoms with Crippen LogP contribution in [0.3, 0.4) is 0 Å². The van der Waals surface area contributed by atoms with Crippen LogP contribution < -0.4 is 21.1 Å². The molecule has 3 heterocycles. The topological polar surface area (TPSA) is 107 Å². The van der Waals surface area contributed by atoms with E-state index in [0.717, 1.165) is 25.9 Å². The van der Waals surface area contributed by atoms with Crippen LogP contribution >= 0.6 is 0 Å². The van der Waals surface area contributed by atoms with E-state index in [2.05, 4.69) is 27.5 Å². The fraction of sp³-hybridized carbons (Fsp3) is 0.625. The summed E-state index contributed by atoms with van der Waals surface area (Å²) in [6, 6.07) is 0. The molecule has 0 saturated carbocycles. The Balaban J connectivity index is 1.98. The largest absolute Gasteiger partial charge is 0.356 e. The van der Waals surface area contributed by atoms with E-state index >= 15 is 0 Å². The highest BCUT2D eigenvalue weighted by Gasteiger charge is 2.35. The van der Waals surface area contributed by atoms with Gasteiger partial charge in [-0.15, -0.1) is 0 Å². The first-order valence-corrected chi connectivity index (χ1v) is 8.46. The third kappa shape index (κ3) is 3.13. The molecule has 0 radical (unpaired) electrons. The van der Waals surface area contributed by atoms with Gasteiger partial charge in [-0.2, -0.15) is 4.98 Å². The Hall–Kier alpha value is -2.38. The van der Waals surface area contributed by atoms with Gasteiger partial charge in [0, 0.05) is 26.1 Å². The van der Waals surface area contributed by atoms with Crippen LogP contribution in [0.15, 0.2) is 4.79 Å². The van der Waals surface area contributed by atoms with Gasteiger partial charge in [-0.3, -0.25) is 19.4 Å². The maximum Gasteiger partial charge on any atom is 0.258 e. The molecular formula is C16H23N5O3. The quantitative estimate of drug-likeness (QED) is 0.749. The minimum Gasteiger partial charge on any atom is -0.356 e. The van der Waals surface area contributed by atoms with Gasteiger partial charge in [0.1, 0.15) is 5.82 Å². The molecule has 2 aliphatic heterocycles. The third-order valence-electron chi connectivity index (χ3n) is 4.56. The second-order valence-corrected chi connectivity index (χ2v) is 6.54. The first-order chi connectivity index (χ1) is 11.5. The first kappa shape index (κ1) is 16.5. The Labute approximate surface area is 140 Å². The van der Waals surface area contributed by atoms with Crippen LogP contribution in [0.2, 0.25) is 0 Å². The molecule has 3 N–H and O–H groups in total. The lowest BCUT2D eigenvalue weighted by Crippen LogP contribution is -2.41. The number of hydrogen-bond donors (Lipinski definition) is 3. The van der Waals surface area contributed by atoms with Crippen molar-refractivity contribution in [2.24, 2.45) is 5.92 Å². The Kier molecular flexibility index (Phi) is 4.55. The molecule has 1 aromatic rings. The number of fused-ring (bicyclic) bond motifs is 1. The number of piperidine rings is 1. The normalized spacial score (nSPS) is 23.4. The van der Waals surface area contributed by atoms with Crippen molar-refractivity contribution in [3.05, 3.63) is 15.9 Å². The number of anilines is 2. The van der Waals surface area contributed by atoms with Gasteiger partial charge in [-0.25, -0.2) is 0 Å². The van der Waals surface area contributed by atoms with Crippen molar-refractivity contribution in [1.29, 1.82) is 0 Å². The maximum atomic E-state index is 12.6. The van der Waals surface area contributed by atoms with E-state index in [9.17, 15) is 14.4 Å². The zero-order chi connectivity index (χ0) is 17.3. The molecule has 2 aliphatic rings. The van der Waals surface area contributed by atoms with E-state index in [-0.39, 0.29) is 35.2 Å². The highest BCUT2D eigenvalue weighted by atomic mass is 16.2. The van der Waals surface area contributed by atoms with Gasteiger partial charge < -0.3 is 15.5 Å². The van der Waals surface area contributed by atoms with Crippen LogP contribution in [0.25, 0.3) is 0 Å². The van der Waals surface area contributed by atoms with E-state index in [4.69, 9.17) is 0 Å². The number of carbonyl (C=O) groups is 2. The summed E-state index contributed by atoms with van der Waals surface area (Å²) in [6.45, 7) is 6.04. The number of amides is 2. The average Bonchev–Trinajstić information content (AvgIpc) is 2.53. The van der Waals surface area contributed by atoms with Gasteiger partial charge in [0.25, 0.3) is 5.56 Å². The molecule has 0 bridgehead atoms. The second-order valence-electron chi connectivity index (χ2n) is 6.54. The summed E-state index contributed by atoms with van der Waals surface area (Å²) in [5.74, 6) is -0.214. The standard InChI is InChI=1S/C16H23N5O3/c1-3-17-14(23)10-7-11(22)18-13-12(10)15(24)20-16(19-13)21-6-4-5-9(2)8-21/h9-10H,3-8H2,1-2H3,(H,17,23)(H2,18,19,20,22,24)/t9-,10+/m0/s1. The molecule has 2 atom stereocenters. The lowest BCUT2D eigenvalue weighted by atomic mass is 9.92. The minimum atomic E-state index is -0.792. The molecule has 24 heavy (non-hydrogen) atoms. The molecule has 130 valence electrons. The molecule has 1 saturated heterocycles. The fourth-order valence-electron chi connectivity index (χ4n) is 3.41. The Morgan fingerprint density at radius 2 is 2.21 bits per heavy atom. The molecule has 8 heteroatoms. The average molecular weight is 333 g/mol. The molecular weight excluding hydrogens is 310 g/mol. The van der Waals surface area contributed by atoms with Crippen molar-refractivity contribution in [3.63, 3.8) is 0 Å². The minimum absolute atomic E-state index is 0.0380. The third-order valence-corrected chi connectivity index (χ3v) is 4.56. The van der Waals surface area contributed by atoms with Gasteiger partial charge in [0.2, 0.25) is 17.8 Å². The van der Waals surface area contributed by atoms with E-state index in [1.807, 2.05) is 4.90 Å². The Morgan fingerprint density at radius 1 is 1.42 bits per heavy atom. The van der Waals surface area contributed by atoms with Crippen LogP contribution in [0.1, 0.15) is 44.6 Å². The summed E-state index contributed by atoms with van der Waals surface area (Å²) in [5, 5.41) is 5.32. The molecule has 0 spiro atoms. The predicted molar refractivity (Wildman–Crippen MR) is 90.1 cm³/mol. The molecule has 1 aromatic heterocycles. The summed E-state index contributed by atoms with van der Waals surface area (Å²) in [5.41, 5.74) is -0.112. The van der Waals surface area contributed by atoms with Crippen LogP contribution in [0.4, 0.5) is 11.8 Å². The lowest BCUT2D eigenvalue weighted by molar-refractivity contribution is -0.126. The van der Waals surface area contributed by atoms with Crippen molar-refractivity contribution < 1.29 is 9.59 Å². The number of likely N-dealkylation sites (N-methyl/N-ethyl adjacent to an activating group) is 1. The fourth-order valence-corrected chi connectivity index (χ4v) is 3.41. The summed E-state index contributed by atoms with van der Waals surface area (Å²) in [7, 11) is 0. The number of nitrogens with one attached hydrogen (secondary N) is 3. The van der Waals surface area contributed by atoms with E-state index in [0.29, 0.717) is 18.4 Å². The highest BCUT2D eigenvalue weighted by molar-refractivity contribution is 6.00. The molecule has 1 fully saturated rings. The highest BCUT2D eigenvalue weighted by Crippen LogP contribution is 2.30. The van der Waals surface area contributed by atoms with Gasteiger partial charge >= 0.3 is 0 Å². The monoisotopic (exact) mass is 333 g/mol. The SMILES string of the molecule is CCNC(=O)[C@@H]1CC(=O)Nc2nc(N3CCC[C@H](C)C3)[nH]c(=O)c21. The summed E-state index contributed by atoms with van der Waals surface area (Å²) >= 11 is 0. The van der Waals surface area contributed by atoms with Crippen molar-refractivity contribution in [2.45, 2.75) is 39.0 Å². The van der Waals surface area contributed by atoms with Crippen molar-refractivity contribution in [2.75, 3.05) is 29.9 Å². The van der Waals surface area contributed by atoms with Gasteiger partial charge in [0.15, 0.2) is 0 Å². The van der Waals surface area contributed by atoms with Crippen LogP contribution in [0.5, 0.6) is 0 Å². The number of rotatable bonds is 3. The second kappa shape index (κ2) is 6.62. The Morgan fingerprint density at radius 3 is 2.92 bits per heavy atom. The predicted octanol–water partition coefficient (Wildman–Crippen LogP) is 0.568. The molecule has 0 unspecified atom stereocenters. The maximum absolute atomic E-state index is 12.6. The number of H-pyrrole nitrogens is 1. The van der Waals surface area contributed by atoms with E-state index in [1.54, 1.807) is 6.92 Å². The van der Waals surface area contributed by atoms with Crippen molar-refractivity contribution >= 4 is 23.6 Å². The summed E-state index contributed by atoms with van der Waals surface area (Å²) < 4.78 is 0. The number of hydrogen-bond acceptors (Lipinski definition) is 5. The van der Waals surface area contributed by atoms with Crippen LogP contribution in [-0.4, -0.2) is 41.4 Å². The molecule has 0 aromatic carbocycles. The lowest BCUT2D eigenvalue weighted by Gasteiger charge is -2.32. The number of carbonyl (C=O) groups excluding carboxylic acids is 2. The molecule has 2 amide bonds. The Bertz CT molecular complexity index is 714. The number of aromatic amines is 1. The van der Waals surface area contributed by atoms with Gasteiger partial charge in [0.05, 0.1) is 11.5 Å². The van der Waals surface area contributed by atoms with Crippen LogP contribution in [0, 0.1) is 5.92 Å². The summed E-state index contributed by atoms with van der Waals surface area (Å²) in [4.78, 5) is 46.0. The molecule has 0 aliphatic carbocycles.